The molecule has 1 heterocycles. The van der Waals surface area contributed by atoms with Crippen LogP contribution in [-0.4, -0.2) is 31.9 Å². The Labute approximate surface area is 196 Å². The summed E-state index contributed by atoms with van der Waals surface area (Å²) in [5.41, 5.74) is 4.34. The lowest BCUT2D eigenvalue weighted by Gasteiger charge is -2.38. The number of benzene rings is 2. The topological polar surface area (TPSA) is 70.7 Å². The summed E-state index contributed by atoms with van der Waals surface area (Å²) in [4.78, 5) is 28.6. The molecule has 0 saturated carbocycles. The molecule has 0 fully saturated rings. The number of Topliss-reactive ketones (excluding diaryl/α,β-unsaturated/α-hetero) is 1. The predicted octanol–water partition coefficient (Wildman–Crippen LogP) is 4.84. The Balaban J connectivity index is 1.89. The fourth-order valence-electron chi connectivity index (χ4n) is 4.84. The normalized spacial score (nSPS) is 19.2. The van der Waals surface area contributed by atoms with Crippen LogP contribution in [0.5, 0.6) is 5.75 Å². The highest BCUT2D eigenvalue weighted by Gasteiger charge is 2.41. The molecule has 1 unspecified atom stereocenters. The van der Waals surface area contributed by atoms with E-state index in [0.29, 0.717) is 13.0 Å². The Morgan fingerprint density at radius 1 is 1.15 bits per heavy atom. The SMILES string of the molecule is CCCNC(=O)CN1c2ccccc2NC2=C(C(=O)CC(C)(C)C2)C1c1ccc(OC)cc1. The Bertz CT molecular complexity index is 1070. The quantitative estimate of drug-likeness (QED) is 0.663. The van der Waals surface area contributed by atoms with E-state index in [2.05, 4.69) is 29.4 Å². The van der Waals surface area contributed by atoms with Crippen molar-refractivity contribution < 1.29 is 14.3 Å². The number of para-hydroxylation sites is 2. The third-order valence-corrected chi connectivity index (χ3v) is 6.32. The van der Waals surface area contributed by atoms with Gasteiger partial charge in [0.1, 0.15) is 5.75 Å². The molecule has 0 aromatic heterocycles. The zero-order valence-corrected chi connectivity index (χ0v) is 19.9. The lowest BCUT2D eigenvalue weighted by molar-refractivity contribution is -0.120. The minimum Gasteiger partial charge on any atom is -0.497 e. The van der Waals surface area contributed by atoms with Crippen LogP contribution in [0.25, 0.3) is 0 Å². The van der Waals surface area contributed by atoms with E-state index in [1.54, 1.807) is 7.11 Å². The fraction of sp³-hybridized carbons (Fsp3) is 0.407. The molecule has 2 aromatic carbocycles. The molecule has 174 valence electrons. The molecule has 2 aliphatic rings. The summed E-state index contributed by atoms with van der Waals surface area (Å²) in [7, 11) is 1.64. The van der Waals surface area contributed by atoms with Crippen molar-refractivity contribution in [1.82, 2.24) is 5.32 Å². The van der Waals surface area contributed by atoms with Gasteiger partial charge in [0.05, 0.1) is 31.1 Å². The van der Waals surface area contributed by atoms with Crippen molar-refractivity contribution in [2.75, 3.05) is 30.4 Å². The molecule has 0 saturated heterocycles. The van der Waals surface area contributed by atoms with E-state index in [-0.39, 0.29) is 29.7 Å². The van der Waals surface area contributed by atoms with Crippen LogP contribution in [-0.2, 0) is 9.59 Å². The number of hydrogen-bond acceptors (Lipinski definition) is 5. The second-order valence-corrected chi connectivity index (χ2v) is 9.63. The summed E-state index contributed by atoms with van der Waals surface area (Å²) in [5.74, 6) is 0.822. The first-order valence-electron chi connectivity index (χ1n) is 11.6. The first kappa shape index (κ1) is 22.9. The van der Waals surface area contributed by atoms with Crippen LogP contribution >= 0.6 is 0 Å². The number of anilines is 2. The molecule has 6 heteroatoms. The van der Waals surface area contributed by atoms with Gasteiger partial charge in [0.2, 0.25) is 5.91 Å². The third-order valence-electron chi connectivity index (χ3n) is 6.32. The van der Waals surface area contributed by atoms with Gasteiger partial charge >= 0.3 is 0 Å². The molecule has 0 bridgehead atoms. The molecule has 0 spiro atoms. The van der Waals surface area contributed by atoms with Crippen molar-refractivity contribution in [3.8, 4) is 5.75 Å². The molecule has 1 atom stereocenters. The Kier molecular flexibility index (Phi) is 6.45. The Hall–Kier alpha value is -3.28. The molecule has 4 rings (SSSR count). The summed E-state index contributed by atoms with van der Waals surface area (Å²) >= 11 is 0. The maximum absolute atomic E-state index is 13.6. The molecule has 1 aliphatic carbocycles. The van der Waals surface area contributed by atoms with Gasteiger partial charge in [-0.05, 0) is 48.1 Å². The fourth-order valence-corrected chi connectivity index (χ4v) is 4.84. The monoisotopic (exact) mass is 447 g/mol. The second kappa shape index (κ2) is 9.30. The van der Waals surface area contributed by atoms with E-state index >= 15 is 0 Å². The van der Waals surface area contributed by atoms with Gasteiger partial charge in [-0.2, -0.15) is 0 Å². The van der Waals surface area contributed by atoms with Gasteiger partial charge in [-0.3, -0.25) is 9.59 Å². The number of hydrogen-bond donors (Lipinski definition) is 2. The minimum atomic E-state index is -0.377. The molecular formula is C27H33N3O3. The summed E-state index contributed by atoms with van der Waals surface area (Å²) in [6.07, 6.45) is 2.12. The van der Waals surface area contributed by atoms with Gasteiger partial charge in [0.15, 0.2) is 5.78 Å². The average Bonchev–Trinajstić information content (AvgIpc) is 2.91. The van der Waals surface area contributed by atoms with E-state index in [1.807, 2.05) is 55.5 Å². The highest BCUT2D eigenvalue weighted by atomic mass is 16.5. The highest BCUT2D eigenvalue weighted by Crippen LogP contribution is 2.48. The van der Waals surface area contributed by atoms with Crippen molar-refractivity contribution in [3.05, 3.63) is 65.4 Å². The van der Waals surface area contributed by atoms with Gasteiger partial charge < -0.3 is 20.3 Å². The summed E-state index contributed by atoms with van der Waals surface area (Å²) < 4.78 is 5.36. The molecule has 0 radical (unpaired) electrons. The smallest absolute Gasteiger partial charge is 0.239 e. The molecule has 1 amide bonds. The zero-order valence-electron chi connectivity index (χ0n) is 19.9. The lowest BCUT2D eigenvalue weighted by Crippen LogP contribution is -2.42. The van der Waals surface area contributed by atoms with Gasteiger partial charge in [-0.15, -0.1) is 0 Å². The third kappa shape index (κ3) is 4.75. The van der Waals surface area contributed by atoms with Crippen LogP contribution in [0.1, 0.15) is 51.6 Å². The van der Waals surface area contributed by atoms with Crippen molar-refractivity contribution in [1.29, 1.82) is 0 Å². The number of amides is 1. The molecule has 1 aliphatic heterocycles. The van der Waals surface area contributed by atoms with Crippen LogP contribution in [0.2, 0.25) is 0 Å². The molecule has 6 nitrogen and oxygen atoms in total. The lowest BCUT2D eigenvalue weighted by atomic mass is 9.73. The van der Waals surface area contributed by atoms with E-state index < -0.39 is 0 Å². The maximum atomic E-state index is 13.6. The zero-order chi connectivity index (χ0) is 23.6. The number of nitrogens with zero attached hydrogens (tertiary/aromatic N) is 1. The van der Waals surface area contributed by atoms with Crippen LogP contribution in [0.15, 0.2) is 59.8 Å². The second-order valence-electron chi connectivity index (χ2n) is 9.63. The first-order valence-corrected chi connectivity index (χ1v) is 11.6. The van der Waals surface area contributed by atoms with E-state index in [4.69, 9.17) is 4.74 Å². The average molecular weight is 448 g/mol. The Morgan fingerprint density at radius 2 is 1.88 bits per heavy atom. The largest absolute Gasteiger partial charge is 0.497 e. The number of carbonyl (C=O) groups is 2. The molecule has 2 aromatic rings. The molecular weight excluding hydrogens is 414 g/mol. The number of rotatable bonds is 6. The Morgan fingerprint density at radius 3 is 2.58 bits per heavy atom. The van der Waals surface area contributed by atoms with Crippen LogP contribution in [0.4, 0.5) is 11.4 Å². The van der Waals surface area contributed by atoms with Crippen LogP contribution in [0.3, 0.4) is 0 Å². The number of ketones is 1. The number of carbonyl (C=O) groups excluding carboxylic acids is 2. The van der Waals surface area contributed by atoms with E-state index in [1.165, 1.54) is 0 Å². The number of allylic oxidation sites excluding steroid dienone is 1. The molecule has 2 N–H and O–H groups in total. The first-order chi connectivity index (χ1) is 15.8. The summed E-state index contributed by atoms with van der Waals surface area (Å²) in [6.45, 7) is 7.08. The predicted molar refractivity (Wildman–Crippen MR) is 131 cm³/mol. The van der Waals surface area contributed by atoms with Gasteiger partial charge in [-0.1, -0.05) is 45.0 Å². The van der Waals surface area contributed by atoms with Crippen molar-refractivity contribution >= 4 is 23.1 Å². The summed E-state index contributed by atoms with van der Waals surface area (Å²) in [6, 6.07) is 15.4. The standard InChI is InChI=1S/C27H33N3O3/c1-5-14-28-24(32)17-30-22-9-7-6-8-20(22)29-21-15-27(2,3)16-23(31)25(21)26(30)18-10-12-19(33-4)13-11-18/h6-13,26,29H,5,14-17H2,1-4H3,(H,28,32). The highest BCUT2D eigenvalue weighted by molar-refractivity contribution is 6.01. The number of ether oxygens (including phenoxy) is 1. The number of fused-ring (bicyclic) bond motifs is 1. The van der Waals surface area contributed by atoms with Crippen LogP contribution < -0.4 is 20.3 Å². The number of methoxy groups -OCH3 is 1. The minimum absolute atomic E-state index is 0.0576. The maximum Gasteiger partial charge on any atom is 0.239 e. The number of nitrogens with one attached hydrogen (secondary N) is 2. The van der Waals surface area contributed by atoms with Crippen molar-refractivity contribution in [3.63, 3.8) is 0 Å². The van der Waals surface area contributed by atoms with Gasteiger partial charge in [-0.25, -0.2) is 0 Å². The van der Waals surface area contributed by atoms with E-state index in [0.717, 1.165) is 46.8 Å². The van der Waals surface area contributed by atoms with Crippen molar-refractivity contribution in [2.45, 2.75) is 46.1 Å². The molecule has 33 heavy (non-hydrogen) atoms. The van der Waals surface area contributed by atoms with Crippen LogP contribution in [0, 0.1) is 5.41 Å². The van der Waals surface area contributed by atoms with E-state index in [9.17, 15) is 9.59 Å². The van der Waals surface area contributed by atoms with Gasteiger partial charge in [0.25, 0.3) is 0 Å². The summed E-state index contributed by atoms with van der Waals surface area (Å²) in [5, 5.41) is 6.57. The van der Waals surface area contributed by atoms with Gasteiger partial charge in [0, 0.05) is 24.2 Å². The van der Waals surface area contributed by atoms with Crippen molar-refractivity contribution in [2.24, 2.45) is 5.41 Å².